The first-order chi connectivity index (χ1) is 11.2. The van der Waals surface area contributed by atoms with Gasteiger partial charge in [0.2, 0.25) is 11.9 Å². The van der Waals surface area contributed by atoms with Crippen molar-refractivity contribution < 1.29 is 23.1 Å². The van der Waals surface area contributed by atoms with Gasteiger partial charge >= 0.3 is 6.18 Å². The summed E-state index contributed by atoms with van der Waals surface area (Å²) in [6, 6.07) is 2.54. The van der Waals surface area contributed by atoms with E-state index in [4.69, 9.17) is 0 Å². The fourth-order valence-electron chi connectivity index (χ4n) is 1.94. The smallest absolute Gasteiger partial charge is 0.416 e. The van der Waals surface area contributed by atoms with Crippen LogP contribution in [0.5, 0.6) is 5.75 Å². The Morgan fingerprint density at radius 1 is 1.29 bits per heavy atom. The monoisotopic (exact) mass is 341 g/mol. The van der Waals surface area contributed by atoms with E-state index >= 15 is 0 Å². The van der Waals surface area contributed by atoms with Crippen LogP contribution in [0.25, 0.3) is 11.3 Å². The number of phenolic OH excluding ortho intramolecular Hbond substituents is 1. The summed E-state index contributed by atoms with van der Waals surface area (Å²) in [4.78, 5) is 15.5. The summed E-state index contributed by atoms with van der Waals surface area (Å²) in [5, 5.41) is 22.4. The topological polar surface area (TPSA) is 100 Å². The molecular weight excluding hydrogens is 327 g/mol. The minimum Gasteiger partial charge on any atom is -0.507 e. The quantitative estimate of drug-likeness (QED) is 0.783. The molecule has 1 heterocycles. The van der Waals surface area contributed by atoms with Crippen molar-refractivity contribution in [3.8, 4) is 17.0 Å². The van der Waals surface area contributed by atoms with Gasteiger partial charge in [0.25, 0.3) is 0 Å². The maximum Gasteiger partial charge on any atom is 0.416 e. The summed E-state index contributed by atoms with van der Waals surface area (Å²) in [6.07, 6.45) is -4.56. The summed E-state index contributed by atoms with van der Waals surface area (Å²) < 4.78 is 37.9. The predicted octanol–water partition coefficient (Wildman–Crippen LogP) is 1.73. The minimum atomic E-state index is -4.56. The summed E-state index contributed by atoms with van der Waals surface area (Å²) in [7, 11) is 1.60. The Kier molecular flexibility index (Phi) is 4.98. The highest BCUT2D eigenvalue weighted by molar-refractivity contribution is 5.90. The van der Waals surface area contributed by atoms with Gasteiger partial charge in [0.15, 0.2) is 0 Å². The average Bonchev–Trinajstić information content (AvgIpc) is 2.47. The normalized spacial score (nSPS) is 11.4. The number of alkyl halides is 3. The number of likely N-dealkylation sites (N-methyl/N-ethyl adjacent to an activating group) is 1. The highest BCUT2D eigenvalue weighted by atomic mass is 19.4. The highest BCUT2D eigenvalue weighted by Gasteiger charge is 2.31. The lowest BCUT2D eigenvalue weighted by Crippen LogP contribution is -2.26. The molecule has 10 heteroatoms. The maximum atomic E-state index is 12.6. The van der Waals surface area contributed by atoms with Crippen LogP contribution < -0.4 is 10.6 Å². The molecule has 128 valence electrons. The molecule has 0 saturated heterocycles. The number of aromatic nitrogens is 3. The van der Waals surface area contributed by atoms with Crippen LogP contribution in [-0.4, -0.2) is 39.8 Å². The molecule has 0 aliphatic carbocycles. The summed E-state index contributed by atoms with van der Waals surface area (Å²) in [5.41, 5.74) is -0.500. The second-order valence-electron chi connectivity index (χ2n) is 4.88. The van der Waals surface area contributed by atoms with E-state index in [0.29, 0.717) is 11.8 Å². The molecule has 2 rings (SSSR count). The molecular formula is C14H14F3N5O2. The first-order valence-electron chi connectivity index (χ1n) is 6.78. The Hall–Kier alpha value is -2.75. The number of carbonyl (C=O) groups excluding carboxylic acids is 1. The fraction of sp³-hybridized carbons (Fsp3) is 0.286. The van der Waals surface area contributed by atoms with Crippen molar-refractivity contribution >= 4 is 11.9 Å². The molecule has 0 saturated carbocycles. The Morgan fingerprint density at radius 2 is 2.00 bits per heavy atom. The molecule has 0 aliphatic heterocycles. The van der Waals surface area contributed by atoms with Crippen molar-refractivity contribution in [2.24, 2.45) is 0 Å². The summed E-state index contributed by atoms with van der Waals surface area (Å²) >= 11 is 0. The van der Waals surface area contributed by atoms with Crippen LogP contribution in [0, 0.1) is 6.92 Å². The second kappa shape index (κ2) is 6.79. The number of nitrogens with one attached hydrogen (secondary N) is 2. The van der Waals surface area contributed by atoms with E-state index in [2.05, 4.69) is 25.8 Å². The van der Waals surface area contributed by atoms with E-state index in [-0.39, 0.29) is 29.7 Å². The molecule has 2 aromatic rings. The van der Waals surface area contributed by atoms with Crippen molar-refractivity contribution in [2.45, 2.75) is 13.1 Å². The van der Waals surface area contributed by atoms with Crippen molar-refractivity contribution in [2.75, 3.05) is 18.9 Å². The lowest BCUT2D eigenvalue weighted by atomic mass is 10.1. The van der Waals surface area contributed by atoms with E-state index < -0.39 is 17.5 Å². The number of hydrogen-bond acceptors (Lipinski definition) is 6. The van der Waals surface area contributed by atoms with Crippen molar-refractivity contribution in [1.82, 2.24) is 20.5 Å². The van der Waals surface area contributed by atoms with Crippen LogP contribution in [0.4, 0.5) is 19.1 Å². The van der Waals surface area contributed by atoms with Crippen molar-refractivity contribution in [3.63, 3.8) is 0 Å². The Labute approximate surface area is 134 Å². The number of benzene rings is 1. The molecule has 0 aliphatic rings. The third-order valence-corrected chi connectivity index (χ3v) is 3.03. The predicted molar refractivity (Wildman–Crippen MR) is 79.2 cm³/mol. The molecule has 0 unspecified atom stereocenters. The SMILES string of the molecule is CNCC(=O)Nc1nnc(-c2ccc(C(F)(F)F)cc2O)c(C)n1. The first kappa shape index (κ1) is 17.6. The molecule has 0 spiro atoms. The van der Waals surface area contributed by atoms with Crippen molar-refractivity contribution in [1.29, 1.82) is 0 Å². The molecule has 3 N–H and O–H groups in total. The Bertz CT molecular complexity index is 765. The molecule has 1 amide bonds. The van der Waals surface area contributed by atoms with Gasteiger partial charge in [-0.05, 0) is 32.2 Å². The second-order valence-corrected chi connectivity index (χ2v) is 4.88. The van der Waals surface area contributed by atoms with Gasteiger partial charge < -0.3 is 10.4 Å². The fourth-order valence-corrected chi connectivity index (χ4v) is 1.94. The van der Waals surface area contributed by atoms with Crippen LogP contribution in [0.2, 0.25) is 0 Å². The highest BCUT2D eigenvalue weighted by Crippen LogP contribution is 2.36. The van der Waals surface area contributed by atoms with E-state index in [1.807, 2.05) is 0 Å². The van der Waals surface area contributed by atoms with Gasteiger partial charge in [0.1, 0.15) is 11.4 Å². The van der Waals surface area contributed by atoms with Crippen LogP contribution in [-0.2, 0) is 11.0 Å². The van der Waals surface area contributed by atoms with Gasteiger partial charge in [-0.15, -0.1) is 10.2 Å². The van der Waals surface area contributed by atoms with Gasteiger partial charge in [-0.3, -0.25) is 10.1 Å². The zero-order valence-corrected chi connectivity index (χ0v) is 12.8. The Morgan fingerprint density at radius 3 is 2.54 bits per heavy atom. The van der Waals surface area contributed by atoms with Crippen LogP contribution in [0.3, 0.4) is 0 Å². The standard InChI is InChI=1S/C14H14F3N5O2/c1-7-12(21-22-13(19-7)20-11(24)6-18-2)9-4-3-8(5-10(9)23)14(15,16)17/h3-5,18,23H,6H2,1-2H3,(H,19,20,22,24). The molecule has 7 nitrogen and oxygen atoms in total. The van der Waals surface area contributed by atoms with Gasteiger partial charge in [-0.1, -0.05) is 0 Å². The summed E-state index contributed by atoms with van der Waals surface area (Å²) in [5.74, 6) is -0.997. The van der Waals surface area contributed by atoms with Crippen LogP contribution >= 0.6 is 0 Å². The lowest BCUT2D eigenvalue weighted by Gasteiger charge is -2.11. The molecule has 1 aromatic heterocycles. The van der Waals surface area contributed by atoms with Gasteiger partial charge in [-0.2, -0.15) is 13.2 Å². The number of carbonyl (C=O) groups is 1. The van der Waals surface area contributed by atoms with E-state index in [0.717, 1.165) is 12.1 Å². The minimum absolute atomic E-state index is 0.0390. The number of rotatable bonds is 4. The van der Waals surface area contributed by atoms with E-state index in [1.165, 1.54) is 6.92 Å². The molecule has 0 atom stereocenters. The third-order valence-electron chi connectivity index (χ3n) is 3.03. The zero-order valence-electron chi connectivity index (χ0n) is 12.8. The maximum absolute atomic E-state index is 12.6. The molecule has 1 aromatic carbocycles. The largest absolute Gasteiger partial charge is 0.507 e. The Balaban J connectivity index is 2.31. The molecule has 0 fully saturated rings. The summed E-state index contributed by atoms with van der Waals surface area (Å²) in [6.45, 7) is 1.60. The molecule has 0 radical (unpaired) electrons. The van der Waals surface area contributed by atoms with E-state index in [1.54, 1.807) is 7.05 Å². The van der Waals surface area contributed by atoms with Gasteiger partial charge in [0, 0.05) is 5.56 Å². The first-order valence-corrected chi connectivity index (χ1v) is 6.78. The number of hydrogen-bond donors (Lipinski definition) is 3. The molecule has 24 heavy (non-hydrogen) atoms. The number of amides is 1. The average molecular weight is 341 g/mol. The van der Waals surface area contributed by atoms with Gasteiger partial charge in [0.05, 0.1) is 17.8 Å². The number of aryl methyl sites for hydroxylation is 1. The van der Waals surface area contributed by atoms with Gasteiger partial charge in [-0.25, -0.2) is 4.98 Å². The van der Waals surface area contributed by atoms with Crippen molar-refractivity contribution in [3.05, 3.63) is 29.5 Å². The lowest BCUT2D eigenvalue weighted by molar-refractivity contribution is -0.137. The number of halogens is 3. The van der Waals surface area contributed by atoms with E-state index in [9.17, 15) is 23.1 Å². The number of anilines is 1. The van der Waals surface area contributed by atoms with Crippen LogP contribution in [0.1, 0.15) is 11.3 Å². The molecule has 0 bridgehead atoms. The number of nitrogens with zero attached hydrogens (tertiary/aromatic N) is 3. The number of aromatic hydroxyl groups is 1. The van der Waals surface area contributed by atoms with Crippen LogP contribution in [0.15, 0.2) is 18.2 Å². The third kappa shape index (κ3) is 3.96. The number of phenols is 1. The zero-order chi connectivity index (χ0) is 17.9.